The second-order valence-electron chi connectivity index (χ2n) is 11.7. The maximum atomic E-state index is 13.0. The normalized spacial score (nSPS) is 12.6. The molecule has 5 nitrogen and oxygen atoms in total. The number of thioether (sulfide) groups is 1. The first-order valence-electron chi connectivity index (χ1n) is 13.0. The van der Waals surface area contributed by atoms with Crippen LogP contribution in [0.2, 0.25) is 0 Å². The zero-order chi connectivity index (χ0) is 28.4. The number of furan rings is 1. The van der Waals surface area contributed by atoms with Crippen molar-refractivity contribution in [2.75, 3.05) is 6.26 Å². The quantitative estimate of drug-likeness (QED) is 0.118. The van der Waals surface area contributed by atoms with E-state index in [9.17, 15) is 9.59 Å². The zero-order valence-electron chi connectivity index (χ0n) is 24.2. The Morgan fingerprint density at radius 3 is 2.05 bits per heavy atom. The van der Waals surface area contributed by atoms with Gasteiger partial charge in [0.25, 0.3) is 0 Å². The molecule has 2 aromatic carbocycles. The van der Waals surface area contributed by atoms with Gasteiger partial charge in [0.2, 0.25) is 5.78 Å². The highest BCUT2D eigenvalue weighted by atomic mass is 32.2. The minimum Gasteiger partial charge on any atom is -0.476 e. The largest absolute Gasteiger partial charge is 0.476 e. The Hall–Kier alpha value is -2.99. The Kier molecular flexibility index (Phi) is 8.87. The van der Waals surface area contributed by atoms with Crippen LogP contribution < -0.4 is 4.74 Å². The molecule has 0 fully saturated rings. The van der Waals surface area contributed by atoms with E-state index in [4.69, 9.17) is 13.9 Å². The summed E-state index contributed by atoms with van der Waals surface area (Å²) in [5.41, 5.74) is 1.73. The molecule has 3 rings (SSSR count). The third-order valence-corrected chi connectivity index (χ3v) is 6.78. The van der Waals surface area contributed by atoms with Crippen molar-refractivity contribution in [3.05, 3.63) is 64.9 Å². The van der Waals surface area contributed by atoms with E-state index in [1.165, 1.54) is 0 Å². The van der Waals surface area contributed by atoms with Crippen LogP contribution in [0.15, 0.2) is 51.8 Å². The molecule has 38 heavy (non-hydrogen) atoms. The maximum absolute atomic E-state index is 13.0. The second kappa shape index (κ2) is 11.4. The van der Waals surface area contributed by atoms with Gasteiger partial charge < -0.3 is 13.9 Å². The van der Waals surface area contributed by atoms with Crippen molar-refractivity contribution in [3.63, 3.8) is 0 Å². The molecular weight excluding hydrogens is 496 g/mol. The average Bonchev–Trinajstić information content (AvgIpc) is 3.24. The molecule has 0 aliphatic carbocycles. The minimum absolute atomic E-state index is 0.127. The SMILES string of the molecule is CSc1ccc2cc(C(=O)/C=C/c3cc(C(C)C)c(OC(C)(C)C(=O)OC(C)(C)C)c(C(C)C)c3)oc2c1. The van der Waals surface area contributed by atoms with Gasteiger partial charge in [-0.05, 0) is 112 Å². The number of rotatable bonds is 9. The molecule has 1 aromatic heterocycles. The number of ketones is 1. The molecule has 0 saturated heterocycles. The molecule has 6 heteroatoms. The summed E-state index contributed by atoms with van der Waals surface area (Å²) >= 11 is 1.63. The van der Waals surface area contributed by atoms with Crippen molar-refractivity contribution in [2.45, 2.75) is 90.2 Å². The summed E-state index contributed by atoms with van der Waals surface area (Å²) in [6.45, 7) is 17.3. The Morgan fingerprint density at radius 1 is 0.921 bits per heavy atom. The topological polar surface area (TPSA) is 65.7 Å². The zero-order valence-corrected chi connectivity index (χ0v) is 25.0. The van der Waals surface area contributed by atoms with Crippen molar-refractivity contribution in [3.8, 4) is 5.75 Å². The molecule has 0 bridgehead atoms. The van der Waals surface area contributed by atoms with Crippen LogP contribution in [0.4, 0.5) is 0 Å². The fourth-order valence-electron chi connectivity index (χ4n) is 3.98. The molecule has 0 saturated carbocycles. The maximum Gasteiger partial charge on any atom is 0.350 e. The number of hydrogen-bond acceptors (Lipinski definition) is 6. The van der Waals surface area contributed by atoms with E-state index in [-0.39, 0.29) is 17.6 Å². The number of allylic oxidation sites excluding steroid dienone is 1. The van der Waals surface area contributed by atoms with Crippen LogP contribution in [-0.2, 0) is 9.53 Å². The first-order chi connectivity index (χ1) is 17.6. The lowest BCUT2D eigenvalue weighted by Crippen LogP contribution is -2.43. The highest BCUT2D eigenvalue weighted by Gasteiger charge is 2.36. The molecule has 0 aliphatic heterocycles. The third kappa shape index (κ3) is 7.10. The lowest BCUT2D eigenvalue weighted by atomic mass is 9.90. The van der Waals surface area contributed by atoms with E-state index in [2.05, 4.69) is 27.7 Å². The van der Waals surface area contributed by atoms with Gasteiger partial charge in [0, 0.05) is 10.3 Å². The molecule has 0 aliphatic rings. The summed E-state index contributed by atoms with van der Waals surface area (Å²) < 4.78 is 17.9. The van der Waals surface area contributed by atoms with Crippen LogP contribution in [0.1, 0.15) is 101 Å². The highest BCUT2D eigenvalue weighted by Crippen LogP contribution is 2.39. The monoisotopic (exact) mass is 536 g/mol. The van der Waals surface area contributed by atoms with Gasteiger partial charge in [-0.15, -0.1) is 11.8 Å². The fraction of sp³-hybridized carbons (Fsp3) is 0.438. The Balaban J connectivity index is 1.95. The molecule has 0 radical (unpaired) electrons. The summed E-state index contributed by atoms with van der Waals surface area (Å²) in [4.78, 5) is 27.0. The Bertz CT molecular complexity index is 1320. The van der Waals surface area contributed by atoms with Gasteiger partial charge in [0.05, 0.1) is 0 Å². The molecule has 0 atom stereocenters. The number of ether oxygens (including phenoxy) is 2. The number of esters is 1. The van der Waals surface area contributed by atoms with Crippen LogP contribution in [0, 0.1) is 0 Å². The van der Waals surface area contributed by atoms with Crippen LogP contribution in [0.3, 0.4) is 0 Å². The molecule has 0 N–H and O–H groups in total. The predicted molar refractivity (Wildman–Crippen MR) is 157 cm³/mol. The standard InChI is InChI=1S/C32H40O5S/c1-19(2)24-15-21(11-14-26(33)28-17-22-12-13-23(38-10)18-27(22)35-28)16-25(20(3)4)29(24)36-32(8,9)30(34)37-31(5,6)7/h11-20H,1-10H3/b14-11+. The van der Waals surface area contributed by atoms with Crippen molar-refractivity contribution in [1.29, 1.82) is 0 Å². The van der Waals surface area contributed by atoms with Gasteiger partial charge in [-0.25, -0.2) is 4.79 Å². The first-order valence-corrected chi connectivity index (χ1v) is 14.2. The van der Waals surface area contributed by atoms with Crippen molar-refractivity contribution >= 4 is 40.6 Å². The Morgan fingerprint density at radius 2 is 1.53 bits per heavy atom. The van der Waals surface area contributed by atoms with Crippen LogP contribution in [0.25, 0.3) is 17.0 Å². The lowest BCUT2D eigenvalue weighted by molar-refractivity contribution is -0.171. The molecule has 0 unspecified atom stereocenters. The van der Waals surface area contributed by atoms with E-state index in [1.54, 1.807) is 37.8 Å². The van der Waals surface area contributed by atoms with Gasteiger partial charge in [-0.3, -0.25) is 4.79 Å². The van der Waals surface area contributed by atoms with Gasteiger partial charge in [0.1, 0.15) is 16.9 Å². The summed E-state index contributed by atoms with van der Waals surface area (Å²) in [7, 11) is 0. The van der Waals surface area contributed by atoms with E-state index in [0.29, 0.717) is 17.1 Å². The fourth-order valence-corrected chi connectivity index (χ4v) is 4.41. The van der Waals surface area contributed by atoms with E-state index in [0.717, 1.165) is 27.0 Å². The van der Waals surface area contributed by atoms with Crippen molar-refractivity contribution in [1.82, 2.24) is 0 Å². The van der Waals surface area contributed by atoms with E-state index in [1.807, 2.05) is 63.4 Å². The number of benzene rings is 2. The van der Waals surface area contributed by atoms with E-state index < -0.39 is 17.2 Å². The molecule has 1 heterocycles. The number of hydrogen-bond donors (Lipinski definition) is 0. The summed E-state index contributed by atoms with van der Waals surface area (Å²) in [6, 6.07) is 11.7. The summed E-state index contributed by atoms with van der Waals surface area (Å²) in [5, 5.41) is 0.901. The molecule has 204 valence electrons. The number of carbonyl (C=O) groups excluding carboxylic acids is 2. The minimum atomic E-state index is -1.18. The Labute approximate surface area is 231 Å². The second-order valence-corrected chi connectivity index (χ2v) is 12.5. The summed E-state index contributed by atoms with van der Waals surface area (Å²) in [6.07, 6.45) is 5.36. The third-order valence-electron chi connectivity index (χ3n) is 6.06. The van der Waals surface area contributed by atoms with Gasteiger partial charge in [-0.2, -0.15) is 0 Å². The first kappa shape index (κ1) is 29.6. The molecular formula is C32H40O5S. The number of carbonyl (C=O) groups is 2. The smallest absolute Gasteiger partial charge is 0.350 e. The predicted octanol–water partition coefficient (Wildman–Crippen LogP) is 8.80. The molecule has 0 spiro atoms. The van der Waals surface area contributed by atoms with E-state index >= 15 is 0 Å². The average molecular weight is 537 g/mol. The van der Waals surface area contributed by atoms with Gasteiger partial charge in [0.15, 0.2) is 11.4 Å². The van der Waals surface area contributed by atoms with Crippen molar-refractivity contribution in [2.24, 2.45) is 0 Å². The van der Waals surface area contributed by atoms with Crippen LogP contribution in [0.5, 0.6) is 5.75 Å². The number of fused-ring (bicyclic) bond motifs is 1. The van der Waals surface area contributed by atoms with Crippen LogP contribution in [-0.4, -0.2) is 29.2 Å². The lowest BCUT2D eigenvalue weighted by Gasteiger charge is -2.32. The van der Waals surface area contributed by atoms with Gasteiger partial charge in [-0.1, -0.05) is 33.8 Å². The molecule has 3 aromatic rings. The highest BCUT2D eigenvalue weighted by molar-refractivity contribution is 7.98. The van der Waals surface area contributed by atoms with Crippen LogP contribution >= 0.6 is 11.8 Å². The molecule has 0 amide bonds. The summed E-state index contributed by atoms with van der Waals surface area (Å²) in [5.74, 6) is 0.636. The van der Waals surface area contributed by atoms with Crippen molar-refractivity contribution < 1.29 is 23.5 Å². The van der Waals surface area contributed by atoms with Gasteiger partial charge >= 0.3 is 5.97 Å².